The zero-order valence-electron chi connectivity index (χ0n) is 9.14. The number of rotatable bonds is 0. The van der Waals surface area contributed by atoms with Crippen LogP contribution in [0, 0.1) is 0 Å². The first-order valence-electron chi connectivity index (χ1n) is 5.75. The predicted molar refractivity (Wildman–Crippen MR) is 59.1 cm³/mol. The lowest BCUT2D eigenvalue weighted by atomic mass is 9.90. The smallest absolute Gasteiger partial charge is 0.381 e. The highest BCUT2D eigenvalue weighted by Crippen LogP contribution is 2.45. The Kier molecular flexibility index (Phi) is 2.33. The summed E-state index contributed by atoms with van der Waals surface area (Å²) in [4.78, 5) is 0. The molecule has 2 N–H and O–H groups in total. The van der Waals surface area contributed by atoms with Crippen LogP contribution in [0.4, 0.5) is 18.9 Å². The number of hydrogen-bond donors (Lipinski definition) is 2. The molecule has 0 saturated carbocycles. The van der Waals surface area contributed by atoms with Crippen LogP contribution in [0.1, 0.15) is 23.5 Å². The maximum atomic E-state index is 12.9. The lowest BCUT2D eigenvalue weighted by Gasteiger charge is -2.26. The van der Waals surface area contributed by atoms with Gasteiger partial charge in [-0.3, -0.25) is 0 Å². The van der Waals surface area contributed by atoms with Crippen molar-refractivity contribution in [3.05, 3.63) is 29.3 Å². The average molecular weight is 242 g/mol. The van der Waals surface area contributed by atoms with E-state index >= 15 is 0 Å². The summed E-state index contributed by atoms with van der Waals surface area (Å²) in [7, 11) is 0. The first-order chi connectivity index (χ1) is 8.07. The van der Waals surface area contributed by atoms with E-state index in [1.807, 2.05) is 0 Å². The van der Waals surface area contributed by atoms with Crippen LogP contribution in [0.2, 0.25) is 0 Å². The SMILES string of the molecule is FC(F)(F)c1cccc2c1NC1CCNCC21. The van der Waals surface area contributed by atoms with Crippen molar-refractivity contribution in [1.82, 2.24) is 5.32 Å². The van der Waals surface area contributed by atoms with E-state index in [9.17, 15) is 13.2 Å². The number of alkyl halides is 3. The molecule has 0 aliphatic carbocycles. The molecule has 2 heterocycles. The molecule has 1 fully saturated rings. The fraction of sp³-hybridized carbons (Fsp3) is 0.500. The van der Waals surface area contributed by atoms with Gasteiger partial charge >= 0.3 is 6.18 Å². The maximum absolute atomic E-state index is 12.9. The molecule has 2 atom stereocenters. The summed E-state index contributed by atoms with van der Waals surface area (Å²) in [6.07, 6.45) is -3.41. The zero-order chi connectivity index (χ0) is 12.0. The van der Waals surface area contributed by atoms with Gasteiger partial charge in [-0.05, 0) is 24.6 Å². The second kappa shape index (κ2) is 3.63. The van der Waals surface area contributed by atoms with E-state index in [2.05, 4.69) is 10.6 Å². The van der Waals surface area contributed by atoms with Crippen molar-refractivity contribution in [3.63, 3.8) is 0 Å². The lowest BCUT2D eigenvalue weighted by molar-refractivity contribution is -0.136. The van der Waals surface area contributed by atoms with Gasteiger partial charge in [0.05, 0.1) is 11.3 Å². The monoisotopic (exact) mass is 242 g/mol. The summed E-state index contributed by atoms with van der Waals surface area (Å²) in [5.41, 5.74) is 0.556. The zero-order valence-corrected chi connectivity index (χ0v) is 9.14. The third-order valence-corrected chi connectivity index (χ3v) is 3.61. The van der Waals surface area contributed by atoms with Gasteiger partial charge in [0.1, 0.15) is 0 Å². The number of benzene rings is 1. The van der Waals surface area contributed by atoms with Crippen molar-refractivity contribution in [2.75, 3.05) is 18.4 Å². The van der Waals surface area contributed by atoms with Crippen molar-refractivity contribution in [2.45, 2.75) is 24.6 Å². The van der Waals surface area contributed by atoms with Crippen molar-refractivity contribution < 1.29 is 13.2 Å². The quantitative estimate of drug-likeness (QED) is 0.730. The molecule has 3 rings (SSSR count). The van der Waals surface area contributed by atoms with E-state index in [-0.39, 0.29) is 12.0 Å². The molecule has 92 valence electrons. The van der Waals surface area contributed by atoms with E-state index in [1.165, 1.54) is 6.07 Å². The molecule has 0 radical (unpaired) electrons. The molecule has 0 spiro atoms. The standard InChI is InChI=1S/C12H13F3N2/c13-12(14,15)9-3-1-2-7-8-6-16-5-4-10(8)17-11(7)9/h1-3,8,10,16-17H,4-6H2. The van der Waals surface area contributed by atoms with Crippen molar-refractivity contribution in [3.8, 4) is 0 Å². The molecule has 1 aromatic rings. The van der Waals surface area contributed by atoms with Crippen molar-refractivity contribution in [2.24, 2.45) is 0 Å². The number of piperidine rings is 1. The third kappa shape index (κ3) is 1.69. The molecule has 1 saturated heterocycles. The number of halogens is 3. The molecule has 2 aliphatic rings. The molecule has 17 heavy (non-hydrogen) atoms. The van der Waals surface area contributed by atoms with E-state index in [0.29, 0.717) is 5.69 Å². The summed E-state index contributed by atoms with van der Waals surface area (Å²) in [6, 6.07) is 4.60. The van der Waals surface area contributed by atoms with Crippen molar-refractivity contribution in [1.29, 1.82) is 0 Å². The van der Waals surface area contributed by atoms with Gasteiger partial charge in [-0.2, -0.15) is 13.2 Å². The molecule has 2 unspecified atom stereocenters. The van der Waals surface area contributed by atoms with Crippen LogP contribution in [0.15, 0.2) is 18.2 Å². The fourth-order valence-corrected chi connectivity index (χ4v) is 2.82. The summed E-state index contributed by atoms with van der Waals surface area (Å²) >= 11 is 0. The first kappa shape index (κ1) is 10.9. The van der Waals surface area contributed by atoms with Crippen LogP contribution in [0.25, 0.3) is 0 Å². The molecule has 1 aromatic carbocycles. The summed E-state index contributed by atoms with van der Waals surface area (Å²) in [6.45, 7) is 1.62. The van der Waals surface area contributed by atoms with Crippen LogP contribution < -0.4 is 10.6 Å². The Morgan fingerprint density at radius 1 is 1.24 bits per heavy atom. The van der Waals surface area contributed by atoms with Crippen LogP contribution in [-0.4, -0.2) is 19.1 Å². The first-order valence-corrected chi connectivity index (χ1v) is 5.75. The normalized spacial score (nSPS) is 27.2. The van der Waals surface area contributed by atoms with Gasteiger partial charge < -0.3 is 10.6 Å². The highest BCUT2D eigenvalue weighted by molar-refractivity contribution is 5.65. The highest BCUT2D eigenvalue weighted by atomic mass is 19.4. The minimum absolute atomic E-state index is 0.148. The Balaban J connectivity index is 2.06. The number of hydrogen-bond acceptors (Lipinski definition) is 2. The Hall–Kier alpha value is -1.23. The van der Waals surface area contributed by atoms with Gasteiger partial charge in [0.15, 0.2) is 0 Å². The van der Waals surface area contributed by atoms with Crippen LogP contribution in [0.3, 0.4) is 0 Å². The number of fused-ring (bicyclic) bond motifs is 3. The summed E-state index contributed by atoms with van der Waals surface area (Å²) < 4.78 is 38.6. The van der Waals surface area contributed by atoms with E-state index in [0.717, 1.165) is 31.1 Å². The number of para-hydroxylation sites is 1. The molecule has 0 aromatic heterocycles. The Labute approximate surface area is 97.2 Å². The lowest BCUT2D eigenvalue weighted by Crippen LogP contribution is -2.38. The van der Waals surface area contributed by atoms with E-state index in [1.54, 1.807) is 6.07 Å². The van der Waals surface area contributed by atoms with Crippen molar-refractivity contribution >= 4 is 5.69 Å². The van der Waals surface area contributed by atoms with Crippen LogP contribution in [-0.2, 0) is 6.18 Å². The molecule has 2 aliphatic heterocycles. The second-order valence-electron chi connectivity index (χ2n) is 4.62. The Morgan fingerprint density at radius 2 is 2.06 bits per heavy atom. The Bertz CT molecular complexity index is 442. The summed E-state index contributed by atoms with van der Waals surface area (Å²) in [5, 5.41) is 6.29. The molecule has 2 nitrogen and oxygen atoms in total. The van der Waals surface area contributed by atoms with E-state index < -0.39 is 11.7 Å². The molecular weight excluding hydrogens is 229 g/mol. The average Bonchev–Trinajstić information content (AvgIpc) is 2.65. The minimum atomic E-state index is -4.28. The van der Waals surface area contributed by atoms with Gasteiger partial charge in [0.2, 0.25) is 0 Å². The van der Waals surface area contributed by atoms with Gasteiger partial charge in [-0.1, -0.05) is 12.1 Å². The summed E-state index contributed by atoms with van der Waals surface area (Å²) in [5.74, 6) is 0.168. The molecule has 5 heteroatoms. The highest BCUT2D eigenvalue weighted by Gasteiger charge is 2.41. The van der Waals surface area contributed by atoms with Gasteiger partial charge in [0, 0.05) is 18.5 Å². The third-order valence-electron chi connectivity index (χ3n) is 3.61. The number of anilines is 1. The largest absolute Gasteiger partial charge is 0.418 e. The molecular formula is C12H13F3N2. The fourth-order valence-electron chi connectivity index (χ4n) is 2.82. The predicted octanol–water partition coefficient (Wildman–Crippen LogP) is 2.58. The minimum Gasteiger partial charge on any atom is -0.381 e. The topological polar surface area (TPSA) is 24.1 Å². The Morgan fingerprint density at radius 3 is 2.82 bits per heavy atom. The molecule has 0 amide bonds. The second-order valence-corrected chi connectivity index (χ2v) is 4.62. The molecule has 0 bridgehead atoms. The van der Waals surface area contributed by atoms with Gasteiger partial charge in [0.25, 0.3) is 0 Å². The van der Waals surface area contributed by atoms with Crippen LogP contribution in [0.5, 0.6) is 0 Å². The van der Waals surface area contributed by atoms with Gasteiger partial charge in [-0.15, -0.1) is 0 Å². The maximum Gasteiger partial charge on any atom is 0.418 e. The van der Waals surface area contributed by atoms with Crippen LogP contribution >= 0.6 is 0 Å². The van der Waals surface area contributed by atoms with E-state index in [4.69, 9.17) is 0 Å². The number of nitrogens with one attached hydrogen (secondary N) is 2. The van der Waals surface area contributed by atoms with Gasteiger partial charge in [-0.25, -0.2) is 0 Å².